The highest BCUT2D eigenvalue weighted by Crippen LogP contribution is 2.32. The molecule has 3 rings (SSSR count). The molecule has 1 aromatic heterocycles. The Morgan fingerprint density at radius 3 is 2.95 bits per heavy atom. The van der Waals surface area contributed by atoms with Gasteiger partial charge in [-0.25, -0.2) is 9.78 Å². The Labute approximate surface area is 122 Å². The van der Waals surface area contributed by atoms with E-state index in [1.54, 1.807) is 5.38 Å². The zero-order valence-corrected chi connectivity index (χ0v) is 12.1. The molecule has 0 amide bonds. The number of aromatic nitrogens is 1. The lowest BCUT2D eigenvalue weighted by Crippen LogP contribution is -2.19. The van der Waals surface area contributed by atoms with Gasteiger partial charge in [0.2, 0.25) is 0 Å². The Morgan fingerprint density at radius 2 is 2.20 bits per heavy atom. The van der Waals surface area contributed by atoms with Gasteiger partial charge in [0.25, 0.3) is 0 Å². The molecule has 5 heteroatoms. The zero-order chi connectivity index (χ0) is 13.9. The Hall–Kier alpha value is -1.88. The fourth-order valence-corrected chi connectivity index (χ4v) is 3.37. The van der Waals surface area contributed by atoms with Crippen molar-refractivity contribution in [2.45, 2.75) is 12.3 Å². The van der Waals surface area contributed by atoms with Crippen LogP contribution in [0.5, 0.6) is 0 Å². The molecule has 0 spiro atoms. The first-order valence-electron chi connectivity index (χ1n) is 6.61. The van der Waals surface area contributed by atoms with Gasteiger partial charge < -0.3 is 9.64 Å². The van der Waals surface area contributed by atoms with Crippen molar-refractivity contribution in [3.05, 3.63) is 47.0 Å². The second kappa shape index (κ2) is 5.63. The first kappa shape index (κ1) is 13.1. The van der Waals surface area contributed by atoms with Crippen LogP contribution >= 0.6 is 11.3 Å². The molecule has 1 aliphatic rings. The molecule has 1 fully saturated rings. The molecule has 20 heavy (non-hydrogen) atoms. The second-order valence-electron chi connectivity index (χ2n) is 4.85. The molecule has 2 heterocycles. The molecule has 1 atom stereocenters. The summed E-state index contributed by atoms with van der Waals surface area (Å²) in [6.45, 7) is 1.94. The summed E-state index contributed by atoms with van der Waals surface area (Å²) in [4.78, 5) is 18.0. The van der Waals surface area contributed by atoms with Crippen molar-refractivity contribution in [2.75, 3.05) is 25.1 Å². The number of carbonyl (C=O) groups excluding carboxylic acids is 1. The molecule has 1 aromatic carbocycles. The molecule has 104 valence electrons. The number of anilines is 1. The highest BCUT2D eigenvalue weighted by atomic mass is 32.1. The van der Waals surface area contributed by atoms with E-state index in [0.717, 1.165) is 24.6 Å². The van der Waals surface area contributed by atoms with Crippen molar-refractivity contribution >= 4 is 22.4 Å². The van der Waals surface area contributed by atoms with Gasteiger partial charge in [0, 0.05) is 24.4 Å². The van der Waals surface area contributed by atoms with Crippen LogP contribution in [0.1, 0.15) is 28.4 Å². The number of hydrogen-bond acceptors (Lipinski definition) is 5. The van der Waals surface area contributed by atoms with Gasteiger partial charge in [-0.1, -0.05) is 30.3 Å². The number of rotatable bonds is 3. The number of nitrogens with zero attached hydrogens (tertiary/aromatic N) is 2. The number of benzene rings is 1. The van der Waals surface area contributed by atoms with Gasteiger partial charge in [-0.3, -0.25) is 0 Å². The van der Waals surface area contributed by atoms with Gasteiger partial charge in [-0.2, -0.15) is 0 Å². The lowest BCUT2D eigenvalue weighted by molar-refractivity contribution is 0.0595. The van der Waals surface area contributed by atoms with Gasteiger partial charge in [0.15, 0.2) is 10.8 Å². The molecular formula is C15H16N2O2S. The van der Waals surface area contributed by atoms with Gasteiger partial charge in [-0.05, 0) is 12.0 Å². The minimum absolute atomic E-state index is 0.369. The van der Waals surface area contributed by atoms with E-state index in [9.17, 15) is 4.79 Å². The largest absolute Gasteiger partial charge is 0.464 e. The van der Waals surface area contributed by atoms with Crippen molar-refractivity contribution in [3.63, 3.8) is 0 Å². The average molecular weight is 288 g/mol. The first-order valence-corrected chi connectivity index (χ1v) is 7.49. The molecule has 0 bridgehead atoms. The lowest BCUT2D eigenvalue weighted by Gasteiger charge is -2.15. The summed E-state index contributed by atoms with van der Waals surface area (Å²) in [5, 5.41) is 2.67. The Kier molecular flexibility index (Phi) is 3.69. The van der Waals surface area contributed by atoms with Crippen LogP contribution in [-0.2, 0) is 4.74 Å². The highest BCUT2D eigenvalue weighted by molar-refractivity contribution is 7.13. The normalized spacial score (nSPS) is 18.2. The van der Waals surface area contributed by atoms with Crippen molar-refractivity contribution in [2.24, 2.45) is 0 Å². The maximum Gasteiger partial charge on any atom is 0.357 e. The average Bonchev–Trinajstić information content (AvgIpc) is 3.16. The lowest BCUT2D eigenvalue weighted by atomic mass is 9.99. The van der Waals surface area contributed by atoms with E-state index in [4.69, 9.17) is 0 Å². The van der Waals surface area contributed by atoms with E-state index in [1.807, 2.05) is 6.07 Å². The molecule has 4 nitrogen and oxygen atoms in total. The number of esters is 1. The minimum atomic E-state index is -0.369. The van der Waals surface area contributed by atoms with Gasteiger partial charge in [0.1, 0.15) is 0 Å². The Bertz CT molecular complexity index is 597. The highest BCUT2D eigenvalue weighted by Gasteiger charge is 2.26. The third-order valence-electron chi connectivity index (χ3n) is 3.62. The predicted octanol–water partition coefficient (Wildman–Crippen LogP) is 2.92. The maximum absolute atomic E-state index is 11.4. The van der Waals surface area contributed by atoms with Crippen LogP contribution < -0.4 is 4.90 Å². The smallest absolute Gasteiger partial charge is 0.357 e. The number of thiazole rings is 1. The predicted molar refractivity (Wildman–Crippen MR) is 79.5 cm³/mol. The summed E-state index contributed by atoms with van der Waals surface area (Å²) in [7, 11) is 1.38. The molecule has 1 saturated heterocycles. The Morgan fingerprint density at radius 1 is 1.40 bits per heavy atom. The Balaban J connectivity index is 1.71. The summed E-state index contributed by atoms with van der Waals surface area (Å²) in [6.07, 6.45) is 1.12. The molecule has 0 saturated carbocycles. The van der Waals surface area contributed by atoms with Crippen LogP contribution in [0.2, 0.25) is 0 Å². The maximum atomic E-state index is 11.4. The third kappa shape index (κ3) is 2.54. The van der Waals surface area contributed by atoms with Crippen LogP contribution in [0.4, 0.5) is 5.13 Å². The van der Waals surface area contributed by atoms with Crippen LogP contribution in [0.15, 0.2) is 35.7 Å². The van der Waals surface area contributed by atoms with Crippen molar-refractivity contribution in [3.8, 4) is 0 Å². The SMILES string of the molecule is COC(=O)c1csc(N2CCC(c3ccccc3)C2)n1. The standard InChI is InChI=1S/C15H16N2O2S/c1-19-14(18)13-10-20-15(16-13)17-8-7-12(9-17)11-5-3-2-4-6-11/h2-6,10,12H,7-9H2,1H3. The summed E-state index contributed by atoms with van der Waals surface area (Å²) < 4.78 is 4.69. The van der Waals surface area contributed by atoms with Crippen molar-refractivity contribution in [1.82, 2.24) is 4.98 Å². The topological polar surface area (TPSA) is 42.4 Å². The van der Waals surface area contributed by atoms with E-state index >= 15 is 0 Å². The van der Waals surface area contributed by atoms with Crippen molar-refractivity contribution < 1.29 is 9.53 Å². The van der Waals surface area contributed by atoms with Gasteiger partial charge in [-0.15, -0.1) is 11.3 Å². The molecule has 0 N–H and O–H groups in total. The van der Waals surface area contributed by atoms with Crippen LogP contribution in [0.25, 0.3) is 0 Å². The van der Waals surface area contributed by atoms with Gasteiger partial charge in [0.05, 0.1) is 7.11 Å². The van der Waals surface area contributed by atoms with E-state index in [2.05, 4.69) is 38.9 Å². The van der Waals surface area contributed by atoms with Crippen molar-refractivity contribution in [1.29, 1.82) is 0 Å². The molecule has 0 radical (unpaired) electrons. The minimum Gasteiger partial charge on any atom is -0.464 e. The van der Waals surface area contributed by atoms with Crippen LogP contribution in [0, 0.1) is 0 Å². The number of methoxy groups -OCH3 is 1. The fourth-order valence-electron chi connectivity index (χ4n) is 2.54. The van der Waals surface area contributed by atoms with Gasteiger partial charge >= 0.3 is 5.97 Å². The summed E-state index contributed by atoms with van der Waals surface area (Å²) in [6, 6.07) is 10.6. The second-order valence-corrected chi connectivity index (χ2v) is 5.69. The monoisotopic (exact) mass is 288 g/mol. The summed E-state index contributed by atoms with van der Waals surface area (Å²) in [5.74, 6) is 0.174. The van der Waals surface area contributed by atoms with E-state index in [1.165, 1.54) is 24.0 Å². The third-order valence-corrected chi connectivity index (χ3v) is 4.52. The molecule has 1 aliphatic heterocycles. The van der Waals surface area contributed by atoms with E-state index < -0.39 is 0 Å². The number of ether oxygens (including phenoxy) is 1. The fraction of sp³-hybridized carbons (Fsp3) is 0.333. The summed E-state index contributed by atoms with van der Waals surface area (Å²) >= 11 is 1.50. The molecule has 1 unspecified atom stereocenters. The first-order chi connectivity index (χ1) is 9.78. The quantitative estimate of drug-likeness (QED) is 0.814. The molecular weight excluding hydrogens is 272 g/mol. The molecule has 0 aliphatic carbocycles. The zero-order valence-electron chi connectivity index (χ0n) is 11.3. The number of hydrogen-bond donors (Lipinski definition) is 0. The summed E-state index contributed by atoms with van der Waals surface area (Å²) in [5.41, 5.74) is 1.77. The molecule has 2 aromatic rings. The van der Waals surface area contributed by atoms with E-state index in [-0.39, 0.29) is 5.97 Å². The number of carbonyl (C=O) groups is 1. The van der Waals surface area contributed by atoms with E-state index in [0.29, 0.717) is 11.6 Å². The van der Waals surface area contributed by atoms with Crippen LogP contribution in [0.3, 0.4) is 0 Å². The van der Waals surface area contributed by atoms with Crippen LogP contribution in [-0.4, -0.2) is 31.2 Å².